The summed E-state index contributed by atoms with van der Waals surface area (Å²) in [5.74, 6) is 0. The van der Waals surface area contributed by atoms with Crippen LogP contribution >= 0.6 is 11.3 Å². The van der Waals surface area contributed by atoms with Crippen molar-refractivity contribution in [3.63, 3.8) is 0 Å². The molecule has 0 radical (unpaired) electrons. The second-order valence-electron chi connectivity index (χ2n) is 4.58. The van der Waals surface area contributed by atoms with Crippen LogP contribution in [-0.4, -0.2) is 51.8 Å². The van der Waals surface area contributed by atoms with Crippen LogP contribution in [0.2, 0.25) is 0 Å². The molecule has 18 heavy (non-hydrogen) atoms. The molecule has 3 nitrogen and oxygen atoms in total. The van der Waals surface area contributed by atoms with Gasteiger partial charge in [0.05, 0.1) is 6.61 Å². The molecule has 1 N–H and O–H groups in total. The van der Waals surface area contributed by atoms with Gasteiger partial charge in [-0.15, -0.1) is 11.3 Å². The molecule has 0 saturated carbocycles. The molecule has 1 aromatic heterocycles. The van der Waals surface area contributed by atoms with Crippen LogP contribution < -0.4 is 5.32 Å². The third-order valence-electron chi connectivity index (χ3n) is 2.95. The van der Waals surface area contributed by atoms with Crippen molar-refractivity contribution in [3.8, 4) is 0 Å². The molecule has 0 aliphatic heterocycles. The standard InChI is InChI=1S/C14H26N2OS/c1-16(11-8-15-9-12-17-2)10-4-3-6-14-7-5-13-18-14/h5,7,13,15H,3-4,6,8-12H2,1-2H3. The predicted octanol–water partition coefficient (Wildman–Crippen LogP) is 2.24. The van der Waals surface area contributed by atoms with Crippen molar-refractivity contribution in [2.45, 2.75) is 19.3 Å². The Morgan fingerprint density at radius 1 is 1.28 bits per heavy atom. The predicted molar refractivity (Wildman–Crippen MR) is 79.5 cm³/mol. The Morgan fingerprint density at radius 2 is 2.17 bits per heavy atom. The molecule has 0 fully saturated rings. The minimum absolute atomic E-state index is 0.796. The minimum atomic E-state index is 0.796. The van der Waals surface area contributed by atoms with Crippen LogP contribution in [0.1, 0.15) is 17.7 Å². The fraction of sp³-hybridized carbons (Fsp3) is 0.714. The molecule has 0 spiro atoms. The van der Waals surface area contributed by atoms with Crippen LogP contribution in [0.3, 0.4) is 0 Å². The number of methoxy groups -OCH3 is 1. The van der Waals surface area contributed by atoms with E-state index in [9.17, 15) is 0 Å². The summed E-state index contributed by atoms with van der Waals surface area (Å²) in [7, 11) is 3.94. The Kier molecular flexibility index (Phi) is 9.12. The maximum Gasteiger partial charge on any atom is 0.0587 e. The highest BCUT2D eigenvalue weighted by atomic mass is 32.1. The number of thiophene rings is 1. The summed E-state index contributed by atoms with van der Waals surface area (Å²) >= 11 is 1.87. The van der Waals surface area contributed by atoms with E-state index in [0.29, 0.717) is 0 Å². The molecule has 1 aromatic rings. The van der Waals surface area contributed by atoms with Gasteiger partial charge in [-0.2, -0.15) is 0 Å². The molecule has 1 heterocycles. The van der Waals surface area contributed by atoms with Crippen LogP contribution in [0.4, 0.5) is 0 Å². The van der Waals surface area contributed by atoms with Gasteiger partial charge in [-0.05, 0) is 44.3 Å². The van der Waals surface area contributed by atoms with Crippen LogP contribution in [0.15, 0.2) is 17.5 Å². The topological polar surface area (TPSA) is 24.5 Å². The van der Waals surface area contributed by atoms with Gasteiger partial charge in [-0.25, -0.2) is 0 Å². The lowest BCUT2D eigenvalue weighted by Gasteiger charge is -2.16. The van der Waals surface area contributed by atoms with E-state index >= 15 is 0 Å². The molecule has 0 aliphatic rings. The van der Waals surface area contributed by atoms with E-state index in [-0.39, 0.29) is 0 Å². The van der Waals surface area contributed by atoms with Crippen molar-refractivity contribution in [3.05, 3.63) is 22.4 Å². The molecule has 0 aromatic carbocycles. The summed E-state index contributed by atoms with van der Waals surface area (Å²) in [6.07, 6.45) is 3.81. The van der Waals surface area contributed by atoms with Gasteiger partial charge in [0.25, 0.3) is 0 Å². The number of hydrogen-bond acceptors (Lipinski definition) is 4. The first kappa shape index (κ1) is 15.6. The molecule has 1 rings (SSSR count). The van der Waals surface area contributed by atoms with Crippen molar-refractivity contribution in [2.24, 2.45) is 0 Å². The number of ether oxygens (including phenoxy) is 1. The molecular formula is C14H26N2OS. The summed E-state index contributed by atoms with van der Waals surface area (Å²) in [4.78, 5) is 3.91. The SMILES string of the molecule is COCCNCCN(C)CCCCc1cccs1. The zero-order valence-corrected chi connectivity index (χ0v) is 12.5. The molecule has 0 unspecified atom stereocenters. The van der Waals surface area contributed by atoms with E-state index in [2.05, 4.69) is 34.8 Å². The molecule has 0 atom stereocenters. The van der Waals surface area contributed by atoms with Gasteiger partial charge in [-0.3, -0.25) is 0 Å². The zero-order chi connectivity index (χ0) is 13.1. The van der Waals surface area contributed by atoms with E-state index in [0.717, 1.165) is 26.2 Å². The Hall–Kier alpha value is -0.420. The number of nitrogens with one attached hydrogen (secondary N) is 1. The van der Waals surface area contributed by atoms with E-state index in [4.69, 9.17) is 4.74 Å². The Bertz CT molecular complexity index is 277. The molecule has 0 saturated heterocycles. The summed E-state index contributed by atoms with van der Waals surface area (Å²) < 4.78 is 4.99. The van der Waals surface area contributed by atoms with Gasteiger partial charge in [0.1, 0.15) is 0 Å². The van der Waals surface area contributed by atoms with Crippen molar-refractivity contribution < 1.29 is 4.74 Å². The van der Waals surface area contributed by atoms with E-state index < -0.39 is 0 Å². The van der Waals surface area contributed by atoms with Crippen molar-refractivity contribution in [2.75, 3.05) is 46.9 Å². The minimum Gasteiger partial charge on any atom is -0.383 e. The highest BCUT2D eigenvalue weighted by Gasteiger charge is 1.99. The summed E-state index contributed by atoms with van der Waals surface area (Å²) in [6.45, 7) is 5.10. The fourth-order valence-corrected chi connectivity index (χ4v) is 2.57. The van der Waals surface area contributed by atoms with Crippen molar-refractivity contribution in [1.29, 1.82) is 0 Å². The number of hydrogen-bond donors (Lipinski definition) is 1. The quantitative estimate of drug-likeness (QED) is 0.624. The zero-order valence-electron chi connectivity index (χ0n) is 11.7. The smallest absolute Gasteiger partial charge is 0.0587 e. The average molecular weight is 270 g/mol. The highest BCUT2D eigenvalue weighted by molar-refractivity contribution is 7.09. The summed E-state index contributed by atoms with van der Waals surface area (Å²) in [6, 6.07) is 4.37. The molecule has 104 valence electrons. The Labute approximate surface area is 115 Å². The highest BCUT2D eigenvalue weighted by Crippen LogP contribution is 2.11. The molecule has 4 heteroatoms. The van der Waals surface area contributed by atoms with E-state index in [1.165, 1.54) is 30.7 Å². The molecular weight excluding hydrogens is 244 g/mol. The largest absolute Gasteiger partial charge is 0.383 e. The maximum absolute atomic E-state index is 4.99. The van der Waals surface area contributed by atoms with Gasteiger partial charge < -0.3 is 15.0 Å². The second kappa shape index (κ2) is 10.5. The fourth-order valence-electron chi connectivity index (χ4n) is 1.82. The van der Waals surface area contributed by atoms with Crippen LogP contribution in [0, 0.1) is 0 Å². The number of unbranched alkanes of at least 4 members (excludes halogenated alkanes) is 1. The van der Waals surface area contributed by atoms with E-state index in [1.54, 1.807) is 7.11 Å². The lowest BCUT2D eigenvalue weighted by atomic mass is 10.2. The average Bonchev–Trinajstić information content (AvgIpc) is 2.87. The number of nitrogens with zero attached hydrogens (tertiary/aromatic N) is 1. The summed E-state index contributed by atoms with van der Waals surface area (Å²) in [5, 5.41) is 5.52. The van der Waals surface area contributed by atoms with Crippen LogP contribution in [0.5, 0.6) is 0 Å². The van der Waals surface area contributed by atoms with Crippen LogP contribution in [-0.2, 0) is 11.2 Å². The number of aryl methyl sites for hydroxylation is 1. The van der Waals surface area contributed by atoms with E-state index in [1.807, 2.05) is 11.3 Å². The van der Waals surface area contributed by atoms with Gasteiger partial charge >= 0.3 is 0 Å². The number of rotatable bonds is 11. The normalized spacial score (nSPS) is 11.3. The first-order valence-electron chi connectivity index (χ1n) is 6.73. The maximum atomic E-state index is 4.99. The Balaban J connectivity index is 1.88. The van der Waals surface area contributed by atoms with Gasteiger partial charge in [0.2, 0.25) is 0 Å². The number of likely N-dealkylation sites (N-methyl/N-ethyl adjacent to an activating group) is 1. The second-order valence-corrected chi connectivity index (χ2v) is 5.61. The van der Waals surface area contributed by atoms with Crippen LogP contribution in [0.25, 0.3) is 0 Å². The molecule has 0 bridgehead atoms. The van der Waals surface area contributed by atoms with Gasteiger partial charge in [0, 0.05) is 31.6 Å². The molecule has 0 amide bonds. The third-order valence-corrected chi connectivity index (χ3v) is 3.88. The lowest BCUT2D eigenvalue weighted by Crippen LogP contribution is -2.31. The third kappa shape index (κ3) is 7.82. The lowest BCUT2D eigenvalue weighted by molar-refractivity contribution is 0.197. The first-order chi connectivity index (χ1) is 8.83. The monoisotopic (exact) mass is 270 g/mol. The summed E-state index contributed by atoms with van der Waals surface area (Å²) in [5.41, 5.74) is 0. The van der Waals surface area contributed by atoms with Crippen molar-refractivity contribution in [1.82, 2.24) is 10.2 Å². The van der Waals surface area contributed by atoms with Gasteiger partial charge in [0.15, 0.2) is 0 Å². The molecule has 0 aliphatic carbocycles. The van der Waals surface area contributed by atoms with Gasteiger partial charge in [-0.1, -0.05) is 6.07 Å². The Morgan fingerprint density at radius 3 is 2.89 bits per heavy atom. The first-order valence-corrected chi connectivity index (χ1v) is 7.61. The van der Waals surface area contributed by atoms with Crippen molar-refractivity contribution >= 4 is 11.3 Å².